The van der Waals surface area contributed by atoms with E-state index in [0.717, 1.165) is 10.0 Å². The molecule has 1 atom stereocenters. The molecule has 18 heavy (non-hydrogen) atoms. The summed E-state index contributed by atoms with van der Waals surface area (Å²) in [6.45, 7) is 1.82. The van der Waals surface area contributed by atoms with Crippen LogP contribution >= 0.6 is 15.9 Å². The van der Waals surface area contributed by atoms with Crippen molar-refractivity contribution in [3.63, 3.8) is 0 Å². The van der Waals surface area contributed by atoms with E-state index in [4.69, 9.17) is 5.73 Å². The van der Waals surface area contributed by atoms with Crippen LogP contribution in [0.1, 0.15) is 22.7 Å². The van der Waals surface area contributed by atoms with Crippen LogP contribution in [0.5, 0.6) is 0 Å². The van der Waals surface area contributed by atoms with Gasteiger partial charge in [0.05, 0.1) is 6.04 Å². The highest BCUT2D eigenvalue weighted by Gasteiger charge is 2.16. The fourth-order valence-electron chi connectivity index (χ4n) is 1.87. The molecule has 2 rings (SSSR count). The molecule has 0 aliphatic heterocycles. The topological polar surface area (TPSA) is 26.0 Å². The molecule has 2 N–H and O–H groups in total. The standard InChI is InChI=1S/C14H12BrF2N/c1-8-2-4-10(16)7-11(8)14(18)12-6-9(15)3-5-13(12)17/h2-7,14H,18H2,1H3. The quantitative estimate of drug-likeness (QED) is 0.888. The Bertz CT molecular complexity index is 533. The molecule has 0 saturated heterocycles. The van der Waals surface area contributed by atoms with E-state index in [1.807, 2.05) is 6.92 Å². The molecule has 0 spiro atoms. The fourth-order valence-corrected chi connectivity index (χ4v) is 2.25. The van der Waals surface area contributed by atoms with Gasteiger partial charge < -0.3 is 5.73 Å². The molecule has 2 aromatic carbocycles. The van der Waals surface area contributed by atoms with Gasteiger partial charge in [-0.05, 0) is 48.4 Å². The number of benzene rings is 2. The number of hydrogen-bond acceptors (Lipinski definition) is 1. The second kappa shape index (κ2) is 5.16. The van der Waals surface area contributed by atoms with Crippen molar-refractivity contribution in [3.8, 4) is 0 Å². The van der Waals surface area contributed by atoms with Crippen molar-refractivity contribution in [2.45, 2.75) is 13.0 Å². The first kappa shape index (κ1) is 13.2. The Morgan fingerprint density at radius 3 is 2.50 bits per heavy atom. The molecule has 0 bridgehead atoms. The van der Waals surface area contributed by atoms with E-state index < -0.39 is 11.9 Å². The van der Waals surface area contributed by atoms with Gasteiger partial charge in [-0.15, -0.1) is 0 Å². The molecule has 0 saturated carbocycles. The van der Waals surface area contributed by atoms with Crippen molar-refractivity contribution in [3.05, 3.63) is 69.2 Å². The van der Waals surface area contributed by atoms with Crippen LogP contribution in [0.3, 0.4) is 0 Å². The van der Waals surface area contributed by atoms with Crippen LogP contribution in [-0.4, -0.2) is 0 Å². The summed E-state index contributed by atoms with van der Waals surface area (Å²) in [4.78, 5) is 0. The summed E-state index contributed by atoms with van der Waals surface area (Å²) in [5.74, 6) is -0.768. The van der Waals surface area contributed by atoms with Gasteiger partial charge in [0.2, 0.25) is 0 Å². The van der Waals surface area contributed by atoms with Crippen molar-refractivity contribution in [2.75, 3.05) is 0 Å². The van der Waals surface area contributed by atoms with Crippen LogP contribution in [0.15, 0.2) is 40.9 Å². The van der Waals surface area contributed by atoms with Gasteiger partial charge in [0.15, 0.2) is 0 Å². The van der Waals surface area contributed by atoms with Crippen molar-refractivity contribution in [1.29, 1.82) is 0 Å². The van der Waals surface area contributed by atoms with Crippen molar-refractivity contribution in [2.24, 2.45) is 5.73 Å². The summed E-state index contributed by atoms with van der Waals surface area (Å²) in [5, 5.41) is 0. The van der Waals surface area contributed by atoms with Crippen molar-refractivity contribution < 1.29 is 8.78 Å². The first-order valence-electron chi connectivity index (χ1n) is 5.45. The van der Waals surface area contributed by atoms with E-state index in [-0.39, 0.29) is 5.82 Å². The highest BCUT2D eigenvalue weighted by molar-refractivity contribution is 9.10. The molecule has 0 aromatic heterocycles. The monoisotopic (exact) mass is 311 g/mol. The van der Waals surface area contributed by atoms with Crippen LogP contribution in [0.25, 0.3) is 0 Å². The zero-order valence-electron chi connectivity index (χ0n) is 9.75. The largest absolute Gasteiger partial charge is 0.320 e. The van der Waals surface area contributed by atoms with Crippen LogP contribution in [-0.2, 0) is 0 Å². The van der Waals surface area contributed by atoms with Gasteiger partial charge in [0.1, 0.15) is 11.6 Å². The van der Waals surface area contributed by atoms with E-state index >= 15 is 0 Å². The van der Waals surface area contributed by atoms with E-state index in [2.05, 4.69) is 15.9 Å². The SMILES string of the molecule is Cc1ccc(F)cc1C(N)c1cc(Br)ccc1F. The lowest BCUT2D eigenvalue weighted by molar-refractivity contribution is 0.594. The average molecular weight is 312 g/mol. The molecule has 1 unspecified atom stereocenters. The maximum absolute atomic E-state index is 13.7. The minimum absolute atomic E-state index is 0.345. The normalized spacial score (nSPS) is 12.5. The van der Waals surface area contributed by atoms with Gasteiger partial charge in [0.25, 0.3) is 0 Å². The van der Waals surface area contributed by atoms with E-state index in [1.165, 1.54) is 18.2 Å². The molecular weight excluding hydrogens is 300 g/mol. The predicted octanol–water partition coefficient (Wildman–Crippen LogP) is 4.08. The highest BCUT2D eigenvalue weighted by Crippen LogP contribution is 2.27. The summed E-state index contributed by atoms with van der Waals surface area (Å²) < 4.78 is 27.7. The number of aryl methyl sites for hydroxylation is 1. The Kier molecular flexibility index (Phi) is 3.78. The summed E-state index contributed by atoms with van der Waals surface area (Å²) in [6, 6.07) is 8.23. The van der Waals surface area contributed by atoms with Gasteiger partial charge in [-0.1, -0.05) is 22.0 Å². The predicted molar refractivity (Wildman–Crippen MR) is 71.3 cm³/mol. The Morgan fingerprint density at radius 1 is 1.06 bits per heavy atom. The molecule has 0 fully saturated rings. The Labute approximate surface area is 113 Å². The molecule has 4 heteroatoms. The lowest BCUT2D eigenvalue weighted by Gasteiger charge is -2.16. The van der Waals surface area contributed by atoms with Crippen LogP contribution in [0, 0.1) is 18.6 Å². The Morgan fingerprint density at radius 2 is 1.78 bits per heavy atom. The average Bonchev–Trinajstić information content (AvgIpc) is 2.34. The van der Waals surface area contributed by atoms with Gasteiger partial charge in [-0.2, -0.15) is 0 Å². The number of nitrogens with two attached hydrogens (primary N) is 1. The molecule has 0 amide bonds. The number of rotatable bonds is 2. The second-order valence-corrected chi connectivity index (χ2v) is 5.06. The third kappa shape index (κ3) is 2.60. The van der Waals surface area contributed by atoms with Crippen molar-refractivity contribution in [1.82, 2.24) is 0 Å². The lowest BCUT2D eigenvalue weighted by atomic mass is 9.95. The maximum atomic E-state index is 13.7. The Balaban J connectivity index is 2.50. The zero-order chi connectivity index (χ0) is 13.3. The highest BCUT2D eigenvalue weighted by atomic mass is 79.9. The third-order valence-electron chi connectivity index (χ3n) is 2.87. The van der Waals surface area contributed by atoms with Gasteiger partial charge in [-0.25, -0.2) is 8.78 Å². The summed E-state index contributed by atoms with van der Waals surface area (Å²) >= 11 is 3.27. The molecule has 1 nitrogen and oxygen atoms in total. The van der Waals surface area contributed by atoms with Gasteiger partial charge in [-0.3, -0.25) is 0 Å². The Hall–Kier alpha value is -1.26. The van der Waals surface area contributed by atoms with Gasteiger partial charge >= 0.3 is 0 Å². The molecule has 94 valence electrons. The van der Waals surface area contributed by atoms with Crippen LogP contribution in [0.4, 0.5) is 8.78 Å². The van der Waals surface area contributed by atoms with Crippen molar-refractivity contribution >= 4 is 15.9 Å². The summed E-state index contributed by atoms with van der Waals surface area (Å²) in [6.07, 6.45) is 0. The molecule has 0 aliphatic carbocycles. The lowest BCUT2D eigenvalue weighted by Crippen LogP contribution is -2.15. The minimum atomic E-state index is -0.682. The first-order chi connectivity index (χ1) is 8.49. The van der Waals surface area contributed by atoms with Crippen LogP contribution < -0.4 is 5.73 Å². The third-order valence-corrected chi connectivity index (χ3v) is 3.36. The first-order valence-corrected chi connectivity index (χ1v) is 6.25. The maximum Gasteiger partial charge on any atom is 0.128 e. The molecular formula is C14H12BrF2N. The second-order valence-electron chi connectivity index (χ2n) is 4.14. The van der Waals surface area contributed by atoms with E-state index in [0.29, 0.717) is 11.1 Å². The summed E-state index contributed by atoms with van der Waals surface area (Å²) in [7, 11) is 0. The number of halogens is 3. The van der Waals surface area contributed by atoms with Crippen LogP contribution in [0.2, 0.25) is 0 Å². The van der Waals surface area contributed by atoms with Gasteiger partial charge in [0, 0.05) is 10.0 Å². The molecule has 0 aliphatic rings. The van der Waals surface area contributed by atoms with E-state index in [9.17, 15) is 8.78 Å². The molecule has 0 radical (unpaired) electrons. The van der Waals surface area contributed by atoms with E-state index in [1.54, 1.807) is 18.2 Å². The molecule has 2 aromatic rings. The number of hydrogen-bond donors (Lipinski definition) is 1. The fraction of sp³-hybridized carbons (Fsp3) is 0.143. The summed E-state index contributed by atoms with van der Waals surface area (Å²) in [5.41, 5.74) is 7.80. The smallest absolute Gasteiger partial charge is 0.128 e. The minimum Gasteiger partial charge on any atom is -0.320 e. The zero-order valence-corrected chi connectivity index (χ0v) is 11.3. The molecule has 0 heterocycles.